The highest BCUT2D eigenvalue weighted by atomic mass is 19.2. The van der Waals surface area contributed by atoms with Crippen LogP contribution in [0.3, 0.4) is 0 Å². The van der Waals surface area contributed by atoms with E-state index in [0.29, 0.717) is 16.9 Å². The summed E-state index contributed by atoms with van der Waals surface area (Å²) < 4.78 is 27.6. The number of aromatic nitrogens is 3. The second kappa shape index (κ2) is 3.62. The average molecular weight is 231 g/mol. The van der Waals surface area contributed by atoms with Crippen LogP contribution in [-0.2, 0) is 0 Å². The second-order valence-electron chi connectivity index (χ2n) is 3.57. The molecule has 0 amide bonds. The summed E-state index contributed by atoms with van der Waals surface area (Å²) in [7, 11) is 0. The van der Waals surface area contributed by atoms with Gasteiger partial charge in [-0.2, -0.15) is 5.10 Å². The molecule has 2 heterocycles. The zero-order valence-corrected chi connectivity index (χ0v) is 8.64. The van der Waals surface area contributed by atoms with E-state index in [1.54, 1.807) is 29.0 Å². The smallest absolute Gasteiger partial charge is 0.159 e. The third-order valence-corrected chi connectivity index (χ3v) is 2.49. The topological polar surface area (TPSA) is 30.2 Å². The molecule has 0 aliphatic rings. The Hall–Kier alpha value is -2.30. The van der Waals surface area contributed by atoms with Gasteiger partial charge in [-0.15, -0.1) is 0 Å². The van der Waals surface area contributed by atoms with Crippen LogP contribution in [0.4, 0.5) is 8.78 Å². The molecule has 5 heteroatoms. The van der Waals surface area contributed by atoms with Crippen LogP contribution in [0.25, 0.3) is 16.9 Å². The van der Waals surface area contributed by atoms with E-state index >= 15 is 0 Å². The molecule has 0 unspecified atom stereocenters. The molecule has 0 spiro atoms. The number of fused-ring (bicyclic) bond motifs is 1. The molecule has 1 aromatic carbocycles. The molecule has 0 N–H and O–H groups in total. The Morgan fingerprint density at radius 2 is 1.94 bits per heavy atom. The van der Waals surface area contributed by atoms with Crippen molar-refractivity contribution in [3.8, 4) is 11.3 Å². The Labute approximate surface area is 95.3 Å². The number of benzene rings is 1. The minimum absolute atomic E-state index is 0.537. The number of hydrogen-bond acceptors (Lipinski definition) is 2. The fourth-order valence-electron chi connectivity index (χ4n) is 1.68. The molecular weight excluding hydrogens is 224 g/mol. The van der Waals surface area contributed by atoms with E-state index in [-0.39, 0.29) is 0 Å². The zero-order chi connectivity index (χ0) is 11.8. The second-order valence-corrected chi connectivity index (χ2v) is 3.57. The lowest BCUT2D eigenvalue weighted by molar-refractivity contribution is 0.509. The van der Waals surface area contributed by atoms with E-state index in [1.165, 1.54) is 6.07 Å². The van der Waals surface area contributed by atoms with Crippen LogP contribution >= 0.6 is 0 Å². The maximum Gasteiger partial charge on any atom is 0.159 e. The Morgan fingerprint density at radius 3 is 2.76 bits per heavy atom. The first-order chi connectivity index (χ1) is 8.25. The number of nitrogens with zero attached hydrogens (tertiary/aromatic N) is 3. The van der Waals surface area contributed by atoms with Crippen molar-refractivity contribution in [1.29, 1.82) is 0 Å². The van der Waals surface area contributed by atoms with E-state index < -0.39 is 11.6 Å². The van der Waals surface area contributed by atoms with Gasteiger partial charge in [0.1, 0.15) is 0 Å². The average Bonchev–Trinajstić information content (AvgIpc) is 2.76. The standard InChI is InChI=1S/C12H7F2N3/c13-9-4-3-8(6-10(9)14)11-7-15-12-2-1-5-16-17(11)12/h1-7H. The number of imidazole rings is 1. The van der Waals surface area contributed by atoms with Crippen LogP contribution in [0.2, 0.25) is 0 Å². The van der Waals surface area contributed by atoms with Gasteiger partial charge in [-0.25, -0.2) is 18.3 Å². The summed E-state index contributed by atoms with van der Waals surface area (Å²) in [6, 6.07) is 7.27. The first-order valence-electron chi connectivity index (χ1n) is 5.00. The van der Waals surface area contributed by atoms with E-state index in [0.717, 1.165) is 12.1 Å². The molecule has 0 aliphatic carbocycles. The molecule has 0 aliphatic heterocycles. The molecule has 3 nitrogen and oxygen atoms in total. The summed E-state index contributed by atoms with van der Waals surface area (Å²) in [4.78, 5) is 4.13. The van der Waals surface area contributed by atoms with Gasteiger partial charge in [0.2, 0.25) is 0 Å². The monoisotopic (exact) mass is 231 g/mol. The largest absolute Gasteiger partial charge is 0.235 e. The molecule has 3 aromatic rings. The lowest BCUT2D eigenvalue weighted by Crippen LogP contribution is -1.93. The van der Waals surface area contributed by atoms with E-state index in [9.17, 15) is 8.78 Å². The van der Waals surface area contributed by atoms with Crippen LogP contribution in [0, 0.1) is 11.6 Å². The maximum atomic E-state index is 13.1. The highest BCUT2D eigenvalue weighted by Crippen LogP contribution is 2.21. The quantitative estimate of drug-likeness (QED) is 0.644. The summed E-state index contributed by atoms with van der Waals surface area (Å²) in [5, 5.41) is 4.11. The Morgan fingerprint density at radius 1 is 1.06 bits per heavy atom. The molecule has 3 rings (SSSR count). The molecule has 17 heavy (non-hydrogen) atoms. The molecule has 0 atom stereocenters. The molecular formula is C12H7F2N3. The first-order valence-corrected chi connectivity index (χ1v) is 5.00. The van der Waals surface area contributed by atoms with Gasteiger partial charge in [-0.1, -0.05) is 0 Å². The van der Waals surface area contributed by atoms with Gasteiger partial charge >= 0.3 is 0 Å². The summed E-state index contributed by atoms with van der Waals surface area (Å²) in [5.41, 5.74) is 1.82. The lowest BCUT2D eigenvalue weighted by Gasteiger charge is -2.01. The van der Waals surface area contributed by atoms with Crippen LogP contribution in [0.15, 0.2) is 42.7 Å². The predicted molar refractivity (Wildman–Crippen MR) is 58.3 cm³/mol. The van der Waals surface area contributed by atoms with E-state index in [1.807, 2.05) is 0 Å². The van der Waals surface area contributed by atoms with Crippen LogP contribution in [0.5, 0.6) is 0 Å². The molecule has 0 bridgehead atoms. The summed E-state index contributed by atoms with van der Waals surface area (Å²) in [6.45, 7) is 0. The molecule has 0 radical (unpaired) electrons. The van der Waals surface area contributed by atoms with Gasteiger partial charge in [0.25, 0.3) is 0 Å². The van der Waals surface area contributed by atoms with Gasteiger partial charge in [0, 0.05) is 11.8 Å². The van der Waals surface area contributed by atoms with Gasteiger partial charge < -0.3 is 0 Å². The Kier molecular flexibility index (Phi) is 2.11. The van der Waals surface area contributed by atoms with Crippen molar-refractivity contribution >= 4 is 5.65 Å². The Bertz CT molecular complexity index is 691. The summed E-state index contributed by atoms with van der Waals surface area (Å²) >= 11 is 0. The van der Waals surface area contributed by atoms with Crippen LogP contribution < -0.4 is 0 Å². The molecule has 0 saturated carbocycles. The van der Waals surface area contributed by atoms with Crippen molar-refractivity contribution in [1.82, 2.24) is 14.6 Å². The van der Waals surface area contributed by atoms with Gasteiger partial charge in [-0.05, 0) is 30.3 Å². The summed E-state index contributed by atoms with van der Waals surface area (Å²) in [6.07, 6.45) is 3.19. The molecule has 2 aromatic heterocycles. The van der Waals surface area contributed by atoms with Crippen molar-refractivity contribution in [2.75, 3.05) is 0 Å². The van der Waals surface area contributed by atoms with Crippen molar-refractivity contribution in [2.45, 2.75) is 0 Å². The van der Waals surface area contributed by atoms with Crippen molar-refractivity contribution in [3.63, 3.8) is 0 Å². The van der Waals surface area contributed by atoms with Gasteiger partial charge in [-0.3, -0.25) is 0 Å². The Balaban J connectivity index is 2.24. The third kappa shape index (κ3) is 1.56. The van der Waals surface area contributed by atoms with E-state index in [2.05, 4.69) is 10.1 Å². The number of hydrogen-bond donors (Lipinski definition) is 0. The zero-order valence-electron chi connectivity index (χ0n) is 8.64. The van der Waals surface area contributed by atoms with Gasteiger partial charge in [0.15, 0.2) is 17.3 Å². The van der Waals surface area contributed by atoms with Crippen molar-refractivity contribution < 1.29 is 8.78 Å². The highest BCUT2D eigenvalue weighted by Gasteiger charge is 2.09. The third-order valence-electron chi connectivity index (χ3n) is 2.49. The van der Waals surface area contributed by atoms with Crippen molar-refractivity contribution in [3.05, 3.63) is 54.4 Å². The molecule has 84 valence electrons. The van der Waals surface area contributed by atoms with E-state index in [4.69, 9.17) is 0 Å². The normalized spacial score (nSPS) is 10.9. The van der Waals surface area contributed by atoms with Gasteiger partial charge in [0.05, 0.1) is 11.9 Å². The summed E-state index contributed by atoms with van der Waals surface area (Å²) in [5.74, 6) is -1.75. The minimum Gasteiger partial charge on any atom is -0.235 e. The fraction of sp³-hybridized carbons (Fsp3) is 0. The van der Waals surface area contributed by atoms with Crippen molar-refractivity contribution in [2.24, 2.45) is 0 Å². The van der Waals surface area contributed by atoms with Crippen LogP contribution in [-0.4, -0.2) is 14.6 Å². The fourth-order valence-corrected chi connectivity index (χ4v) is 1.68. The first kappa shape index (κ1) is 9.89. The lowest BCUT2D eigenvalue weighted by atomic mass is 10.1. The molecule has 0 saturated heterocycles. The number of halogens is 2. The maximum absolute atomic E-state index is 13.1. The SMILES string of the molecule is Fc1ccc(-c2cnc3cccnn23)cc1F. The van der Waals surface area contributed by atoms with Crippen LogP contribution in [0.1, 0.15) is 0 Å². The molecule has 0 fully saturated rings. The number of rotatable bonds is 1. The predicted octanol–water partition coefficient (Wildman–Crippen LogP) is 2.67. The minimum atomic E-state index is -0.881. The highest BCUT2D eigenvalue weighted by molar-refractivity contribution is 5.62.